The number of carbonyl (C=O) groups excluding carboxylic acids is 2. The zero-order valence-electron chi connectivity index (χ0n) is 19.3. The van der Waals surface area contributed by atoms with Crippen molar-refractivity contribution in [1.29, 1.82) is 0 Å². The topological polar surface area (TPSA) is 125 Å². The Morgan fingerprint density at radius 2 is 2.00 bits per heavy atom. The molecule has 1 aliphatic heterocycles. The van der Waals surface area contributed by atoms with Crippen molar-refractivity contribution in [3.05, 3.63) is 77.0 Å². The zero-order chi connectivity index (χ0) is 25.0. The lowest BCUT2D eigenvalue weighted by atomic mass is 9.95. The highest BCUT2D eigenvalue weighted by molar-refractivity contribution is 5.99. The molecule has 4 N–H and O–H groups in total. The largest absolute Gasteiger partial charge is 0.451 e. The summed E-state index contributed by atoms with van der Waals surface area (Å²) >= 11 is 0. The summed E-state index contributed by atoms with van der Waals surface area (Å²) in [6.07, 6.45) is 6.64. The molecule has 1 aliphatic rings. The van der Waals surface area contributed by atoms with Gasteiger partial charge in [0.25, 0.3) is 5.91 Å². The van der Waals surface area contributed by atoms with E-state index in [4.69, 9.17) is 11.2 Å². The summed E-state index contributed by atoms with van der Waals surface area (Å²) in [4.78, 5) is 33.5. The molecule has 1 aromatic heterocycles. The Morgan fingerprint density at radius 1 is 1.23 bits per heavy atom. The lowest BCUT2D eigenvalue weighted by Gasteiger charge is -2.20. The molecule has 0 saturated carbocycles. The van der Waals surface area contributed by atoms with E-state index in [9.17, 15) is 14.7 Å². The van der Waals surface area contributed by atoms with Crippen molar-refractivity contribution in [2.24, 2.45) is 0 Å². The van der Waals surface area contributed by atoms with Crippen molar-refractivity contribution in [2.75, 3.05) is 23.8 Å². The predicted octanol–water partition coefficient (Wildman–Crippen LogP) is 3.13. The molecule has 1 amide bonds. The lowest BCUT2D eigenvalue weighted by Crippen LogP contribution is -2.26. The molecular formula is C26H25N5O4. The van der Waals surface area contributed by atoms with Gasteiger partial charge in [-0.05, 0) is 37.6 Å². The van der Waals surface area contributed by atoms with Gasteiger partial charge in [-0.15, -0.1) is 6.42 Å². The summed E-state index contributed by atoms with van der Waals surface area (Å²) in [7, 11) is 0. The first-order valence-electron chi connectivity index (χ1n) is 11.0. The number of benzene rings is 2. The van der Waals surface area contributed by atoms with Crippen LogP contribution in [-0.4, -0.2) is 40.1 Å². The van der Waals surface area contributed by atoms with Crippen molar-refractivity contribution >= 4 is 29.3 Å². The Balaban J connectivity index is 1.66. The number of fused-ring (bicyclic) bond motifs is 1. The van der Waals surface area contributed by atoms with Gasteiger partial charge in [-0.1, -0.05) is 36.3 Å². The van der Waals surface area contributed by atoms with E-state index in [1.807, 2.05) is 50.2 Å². The first-order chi connectivity index (χ1) is 16.8. The quantitative estimate of drug-likeness (QED) is 0.292. The fourth-order valence-corrected chi connectivity index (χ4v) is 3.80. The van der Waals surface area contributed by atoms with Crippen molar-refractivity contribution in [1.82, 2.24) is 15.3 Å². The van der Waals surface area contributed by atoms with Crippen molar-refractivity contribution < 1.29 is 19.4 Å². The monoisotopic (exact) mass is 471 g/mol. The van der Waals surface area contributed by atoms with Gasteiger partial charge >= 0.3 is 5.97 Å². The van der Waals surface area contributed by atoms with Crippen LogP contribution in [0.5, 0.6) is 0 Å². The first-order valence-corrected chi connectivity index (χ1v) is 11.0. The molecule has 0 fully saturated rings. The van der Waals surface area contributed by atoms with E-state index in [-0.39, 0.29) is 36.5 Å². The summed E-state index contributed by atoms with van der Waals surface area (Å²) in [6, 6.07) is 14.0. The number of aliphatic hydroxyl groups is 1. The maximum Gasteiger partial charge on any atom is 0.339 e. The number of carbonyl (C=O) groups is 2. The van der Waals surface area contributed by atoms with Gasteiger partial charge in [-0.25, -0.2) is 9.78 Å². The molecule has 1 atom stereocenters. The average Bonchev–Trinajstić information content (AvgIpc) is 3.09. The van der Waals surface area contributed by atoms with E-state index < -0.39 is 17.6 Å². The number of aliphatic hydroxyl groups excluding tert-OH is 1. The van der Waals surface area contributed by atoms with E-state index in [0.717, 1.165) is 11.1 Å². The highest BCUT2D eigenvalue weighted by Crippen LogP contribution is 2.37. The molecule has 0 bridgehead atoms. The van der Waals surface area contributed by atoms with Crippen LogP contribution in [0.15, 0.2) is 54.7 Å². The van der Waals surface area contributed by atoms with E-state index in [1.165, 1.54) is 6.20 Å². The molecule has 3 aromatic rings. The third kappa shape index (κ3) is 5.08. The molecule has 1 unspecified atom stereocenters. The minimum atomic E-state index is -0.749. The molecule has 4 rings (SSSR count). The maximum absolute atomic E-state index is 12.7. The summed E-state index contributed by atoms with van der Waals surface area (Å²) < 4.78 is 5.43. The first kappa shape index (κ1) is 23.7. The number of rotatable bonds is 8. The van der Waals surface area contributed by atoms with Gasteiger partial charge in [0.15, 0.2) is 0 Å². The molecule has 9 nitrogen and oxygen atoms in total. The molecule has 0 radical (unpaired) electrons. The second-order valence-corrected chi connectivity index (χ2v) is 8.42. The van der Waals surface area contributed by atoms with Crippen molar-refractivity contribution in [2.45, 2.75) is 25.5 Å². The number of cyclic esters (lactones) is 1. The smallest absolute Gasteiger partial charge is 0.339 e. The summed E-state index contributed by atoms with van der Waals surface area (Å²) in [5.41, 5.74) is 2.16. The highest BCUT2D eigenvalue weighted by atomic mass is 16.6. The van der Waals surface area contributed by atoms with Gasteiger partial charge in [0, 0.05) is 17.4 Å². The van der Waals surface area contributed by atoms with Crippen LogP contribution in [0.25, 0.3) is 0 Å². The molecule has 0 spiro atoms. The molecule has 0 aliphatic carbocycles. The third-order valence-corrected chi connectivity index (χ3v) is 5.57. The summed E-state index contributed by atoms with van der Waals surface area (Å²) in [5, 5.41) is 18.8. The van der Waals surface area contributed by atoms with Crippen LogP contribution in [-0.2, 0) is 10.3 Å². The molecule has 35 heavy (non-hydrogen) atoms. The van der Waals surface area contributed by atoms with Crippen LogP contribution < -0.4 is 16.0 Å². The number of hydrogen-bond acceptors (Lipinski definition) is 8. The standard InChI is InChI=1S/C26H25N5O4/c1-4-12-27-23(33)19-14-28-25(31-22(19)30-21(15-32)16-8-6-5-7-9-16)29-17-10-11-18-20(13-17)26(2,3)35-24(18)34/h1,5-11,13-14,21,32H,12,15H2,2-3H3,(H,27,33)(H2,28,29,30,31). The van der Waals surface area contributed by atoms with Crippen LogP contribution in [0.2, 0.25) is 0 Å². The number of terminal acetylenes is 1. The van der Waals surface area contributed by atoms with Crippen LogP contribution in [0.1, 0.15) is 51.7 Å². The van der Waals surface area contributed by atoms with E-state index in [0.29, 0.717) is 11.3 Å². The summed E-state index contributed by atoms with van der Waals surface area (Å²) in [6.45, 7) is 3.46. The van der Waals surface area contributed by atoms with Crippen LogP contribution >= 0.6 is 0 Å². The van der Waals surface area contributed by atoms with Gasteiger partial charge in [-0.3, -0.25) is 4.79 Å². The van der Waals surface area contributed by atoms with Gasteiger partial charge in [0.05, 0.1) is 24.8 Å². The zero-order valence-corrected chi connectivity index (χ0v) is 19.3. The van der Waals surface area contributed by atoms with Gasteiger partial charge in [-0.2, -0.15) is 4.98 Å². The number of aromatic nitrogens is 2. The van der Waals surface area contributed by atoms with Crippen LogP contribution in [0.4, 0.5) is 17.5 Å². The lowest BCUT2D eigenvalue weighted by molar-refractivity contribution is 0.00953. The number of ether oxygens (including phenoxy) is 1. The predicted molar refractivity (Wildman–Crippen MR) is 131 cm³/mol. The fourth-order valence-electron chi connectivity index (χ4n) is 3.80. The van der Waals surface area contributed by atoms with E-state index >= 15 is 0 Å². The Kier molecular flexibility index (Phi) is 6.66. The highest BCUT2D eigenvalue weighted by Gasteiger charge is 2.37. The molecule has 2 heterocycles. The maximum atomic E-state index is 12.7. The Bertz CT molecular complexity index is 1300. The number of nitrogens with one attached hydrogen (secondary N) is 3. The Labute approximate surface area is 203 Å². The van der Waals surface area contributed by atoms with Crippen molar-refractivity contribution in [3.63, 3.8) is 0 Å². The van der Waals surface area contributed by atoms with E-state index in [1.54, 1.807) is 12.1 Å². The second kappa shape index (κ2) is 9.83. The number of anilines is 3. The Hall–Kier alpha value is -4.42. The number of nitrogens with zero attached hydrogens (tertiary/aromatic N) is 2. The average molecular weight is 472 g/mol. The molecule has 178 valence electrons. The molecule has 9 heteroatoms. The Morgan fingerprint density at radius 3 is 2.71 bits per heavy atom. The molecular weight excluding hydrogens is 446 g/mol. The minimum Gasteiger partial charge on any atom is -0.451 e. The molecule has 2 aromatic carbocycles. The number of esters is 1. The SMILES string of the molecule is C#CCNC(=O)c1cnc(Nc2ccc3c(c2)C(C)(C)OC3=O)nc1NC(CO)c1ccccc1. The van der Waals surface area contributed by atoms with Gasteiger partial charge < -0.3 is 25.8 Å². The normalized spacial score (nSPS) is 14.3. The number of amides is 1. The third-order valence-electron chi connectivity index (χ3n) is 5.57. The van der Waals surface area contributed by atoms with Crippen molar-refractivity contribution in [3.8, 4) is 12.3 Å². The van der Waals surface area contributed by atoms with Gasteiger partial charge in [0.1, 0.15) is 17.0 Å². The van der Waals surface area contributed by atoms with Gasteiger partial charge in [0.2, 0.25) is 5.95 Å². The summed E-state index contributed by atoms with van der Waals surface area (Å²) in [5.74, 6) is 1.99. The molecule has 0 saturated heterocycles. The second-order valence-electron chi connectivity index (χ2n) is 8.42. The number of hydrogen-bond donors (Lipinski definition) is 4. The van der Waals surface area contributed by atoms with E-state index in [2.05, 4.69) is 31.8 Å². The minimum absolute atomic E-state index is 0.0477. The van der Waals surface area contributed by atoms with Crippen LogP contribution in [0, 0.1) is 12.3 Å². The fraction of sp³-hybridized carbons (Fsp3) is 0.231. The van der Waals surface area contributed by atoms with Crippen LogP contribution in [0.3, 0.4) is 0 Å².